The number of hydrogen-bond acceptors (Lipinski definition) is 6. The predicted octanol–water partition coefficient (Wildman–Crippen LogP) is 5.77. The van der Waals surface area contributed by atoms with Crippen molar-refractivity contribution in [1.29, 1.82) is 0 Å². The lowest BCUT2D eigenvalue weighted by Gasteiger charge is -2.36. The molecule has 5 rings (SSSR count). The Morgan fingerprint density at radius 3 is 2.53 bits per heavy atom. The van der Waals surface area contributed by atoms with E-state index in [-0.39, 0.29) is 30.7 Å². The number of aryl methyl sites for hydroxylation is 2. The van der Waals surface area contributed by atoms with Crippen molar-refractivity contribution in [3.8, 4) is 0 Å². The van der Waals surface area contributed by atoms with Crippen LogP contribution in [0.2, 0.25) is 0 Å². The summed E-state index contributed by atoms with van der Waals surface area (Å²) in [5.41, 5.74) is 7.95. The van der Waals surface area contributed by atoms with Gasteiger partial charge in [0.25, 0.3) is 5.91 Å². The van der Waals surface area contributed by atoms with Gasteiger partial charge in [0.1, 0.15) is 4.88 Å². The Labute approximate surface area is 228 Å². The van der Waals surface area contributed by atoms with Crippen LogP contribution in [0.25, 0.3) is 10.9 Å². The topological polar surface area (TPSA) is 61.4 Å². The molecule has 6 nitrogen and oxygen atoms in total. The number of nitrogens with one attached hydrogen (secondary N) is 1. The van der Waals surface area contributed by atoms with Gasteiger partial charge in [-0.25, -0.2) is 4.98 Å². The summed E-state index contributed by atoms with van der Waals surface area (Å²) in [7, 11) is 0. The Morgan fingerprint density at radius 1 is 1.00 bits per heavy atom. The van der Waals surface area contributed by atoms with E-state index >= 15 is 0 Å². The van der Waals surface area contributed by atoms with Crippen molar-refractivity contribution in [2.24, 2.45) is 0 Å². The molecule has 1 fully saturated rings. The Bertz CT molecular complexity index is 1320. The lowest BCUT2D eigenvalue weighted by molar-refractivity contribution is 0.103. The first kappa shape index (κ1) is 27.9. The highest BCUT2D eigenvalue weighted by molar-refractivity contribution is 7.12. The predicted molar refractivity (Wildman–Crippen MR) is 155 cm³/mol. The van der Waals surface area contributed by atoms with Crippen LogP contribution in [0.15, 0.2) is 60.1 Å². The monoisotopic (exact) mass is 543 g/mol. The number of thiazole rings is 1. The maximum atomic E-state index is 12.5. The minimum atomic E-state index is -0.0907. The second kappa shape index (κ2) is 12.5. The summed E-state index contributed by atoms with van der Waals surface area (Å²) in [6, 6.07) is 18.9. The Balaban J connectivity index is 0.00000180. The second-order valence-electron chi connectivity index (χ2n) is 8.80. The van der Waals surface area contributed by atoms with Gasteiger partial charge in [-0.2, -0.15) is 0 Å². The summed E-state index contributed by atoms with van der Waals surface area (Å²) < 4.78 is 0. The number of anilines is 2. The zero-order valence-electron chi connectivity index (χ0n) is 20.4. The fourth-order valence-electron chi connectivity index (χ4n) is 4.53. The minimum absolute atomic E-state index is 0. The van der Waals surface area contributed by atoms with Gasteiger partial charge in [0.05, 0.1) is 16.7 Å². The van der Waals surface area contributed by atoms with E-state index in [1.807, 2.05) is 26.0 Å². The smallest absolute Gasteiger partial charge is 0.267 e. The van der Waals surface area contributed by atoms with E-state index in [1.165, 1.54) is 28.0 Å². The Kier molecular flexibility index (Phi) is 9.68. The molecule has 2 aromatic carbocycles. The first-order valence-electron chi connectivity index (χ1n) is 11.7. The number of piperazine rings is 1. The fraction of sp³-hybridized carbons (Fsp3) is 0.296. The number of pyridine rings is 1. The van der Waals surface area contributed by atoms with Crippen molar-refractivity contribution >= 4 is 64.3 Å². The molecule has 190 valence electrons. The Hall–Kier alpha value is -2.71. The van der Waals surface area contributed by atoms with Crippen LogP contribution in [0.1, 0.15) is 26.6 Å². The van der Waals surface area contributed by atoms with Crippen LogP contribution in [0.3, 0.4) is 0 Å². The van der Waals surface area contributed by atoms with Gasteiger partial charge in [-0.05, 0) is 62.2 Å². The van der Waals surface area contributed by atoms with Crippen molar-refractivity contribution in [2.75, 3.05) is 42.9 Å². The zero-order valence-corrected chi connectivity index (χ0v) is 22.9. The molecular weight excluding hydrogens is 513 g/mol. The van der Waals surface area contributed by atoms with Crippen LogP contribution in [0.4, 0.5) is 11.4 Å². The minimum Gasteiger partial charge on any atom is -0.368 e. The normalized spacial score (nSPS) is 13.7. The molecule has 3 heterocycles. The van der Waals surface area contributed by atoms with Crippen LogP contribution >= 0.6 is 36.2 Å². The van der Waals surface area contributed by atoms with Gasteiger partial charge in [-0.15, -0.1) is 36.2 Å². The maximum Gasteiger partial charge on any atom is 0.267 e. The average molecular weight is 545 g/mol. The molecule has 1 amide bonds. The molecule has 4 aromatic rings. The van der Waals surface area contributed by atoms with E-state index in [4.69, 9.17) is 0 Å². The first-order chi connectivity index (χ1) is 16.6. The molecule has 36 heavy (non-hydrogen) atoms. The van der Waals surface area contributed by atoms with Gasteiger partial charge in [0.2, 0.25) is 0 Å². The third kappa shape index (κ3) is 6.34. The number of nitrogens with zero attached hydrogens (tertiary/aromatic N) is 4. The molecule has 2 aromatic heterocycles. The first-order valence-corrected chi connectivity index (χ1v) is 12.6. The zero-order chi connectivity index (χ0) is 23.5. The molecule has 1 saturated heterocycles. The van der Waals surface area contributed by atoms with Crippen LogP contribution in [0, 0.1) is 13.8 Å². The fourth-order valence-corrected chi connectivity index (χ4v) is 5.23. The largest absolute Gasteiger partial charge is 0.368 e. The third-order valence-corrected chi connectivity index (χ3v) is 7.34. The quantitative estimate of drug-likeness (QED) is 0.334. The summed E-state index contributed by atoms with van der Waals surface area (Å²) >= 11 is 1.37. The van der Waals surface area contributed by atoms with Crippen LogP contribution in [0.5, 0.6) is 0 Å². The van der Waals surface area contributed by atoms with E-state index in [2.05, 4.69) is 67.5 Å². The average Bonchev–Trinajstić information content (AvgIpc) is 3.29. The highest BCUT2D eigenvalue weighted by Crippen LogP contribution is 2.27. The molecule has 0 atom stereocenters. The van der Waals surface area contributed by atoms with Gasteiger partial charge in [0.15, 0.2) is 0 Å². The van der Waals surface area contributed by atoms with E-state index in [9.17, 15) is 4.79 Å². The number of halogens is 2. The van der Waals surface area contributed by atoms with Crippen molar-refractivity contribution in [3.63, 3.8) is 0 Å². The molecule has 1 N–H and O–H groups in total. The molecule has 0 aliphatic carbocycles. The number of amides is 1. The van der Waals surface area contributed by atoms with Crippen molar-refractivity contribution in [2.45, 2.75) is 20.3 Å². The van der Waals surface area contributed by atoms with Gasteiger partial charge in [-0.1, -0.05) is 18.2 Å². The molecule has 0 bridgehead atoms. The summed E-state index contributed by atoms with van der Waals surface area (Å²) in [5.74, 6) is -0.0907. The lowest BCUT2D eigenvalue weighted by atomic mass is 10.1. The second-order valence-corrected chi connectivity index (χ2v) is 9.65. The Morgan fingerprint density at radius 2 is 1.78 bits per heavy atom. The molecule has 9 heteroatoms. The number of benzene rings is 2. The standard InChI is InChI=1S/C27H29N5OS.2ClH/c1-19-9-10-23-24(29-19)7-4-8-25(23)32-15-13-31(14-16-32)12-11-21-5-3-6-22(17-21)30-27(33)26-20(2)28-18-34-26;;/h3-10,17-18H,11-16H2,1-2H3,(H,30,33);2*1H. The van der Waals surface area contributed by atoms with Crippen molar-refractivity contribution < 1.29 is 4.79 Å². The molecule has 0 radical (unpaired) electrons. The van der Waals surface area contributed by atoms with Gasteiger partial charge < -0.3 is 10.2 Å². The summed E-state index contributed by atoms with van der Waals surface area (Å²) in [6.07, 6.45) is 0.959. The number of hydrogen-bond donors (Lipinski definition) is 1. The van der Waals surface area contributed by atoms with Gasteiger partial charge in [0, 0.05) is 55.2 Å². The van der Waals surface area contributed by atoms with Crippen LogP contribution < -0.4 is 10.2 Å². The number of rotatable bonds is 6. The summed E-state index contributed by atoms with van der Waals surface area (Å²) in [5, 5.41) is 4.24. The molecule has 1 aliphatic rings. The maximum absolute atomic E-state index is 12.5. The number of aromatic nitrogens is 2. The highest BCUT2D eigenvalue weighted by Gasteiger charge is 2.19. The number of carbonyl (C=O) groups excluding carboxylic acids is 1. The SMILES string of the molecule is Cc1ccc2c(N3CCN(CCc4cccc(NC(=O)c5scnc5C)c4)CC3)cccc2n1.Cl.Cl. The van der Waals surface area contributed by atoms with Gasteiger partial charge >= 0.3 is 0 Å². The summed E-state index contributed by atoms with van der Waals surface area (Å²) in [4.78, 5) is 27.0. The van der Waals surface area contributed by atoms with Crippen LogP contribution in [-0.4, -0.2) is 53.5 Å². The van der Waals surface area contributed by atoms with Crippen LogP contribution in [-0.2, 0) is 6.42 Å². The van der Waals surface area contributed by atoms with E-state index in [0.29, 0.717) is 4.88 Å². The molecule has 0 spiro atoms. The number of fused-ring (bicyclic) bond motifs is 1. The van der Waals surface area contributed by atoms with Crippen molar-refractivity contribution in [1.82, 2.24) is 14.9 Å². The molecule has 0 unspecified atom stereocenters. The van der Waals surface area contributed by atoms with E-state index < -0.39 is 0 Å². The number of carbonyl (C=O) groups is 1. The lowest BCUT2D eigenvalue weighted by Crippen LogP contribution is -2.47. The summed E-state index contributed by atoms with van der Waals surface area (Å²) in [6.45, 7) is 9.01. The highest BCUT2D eigenvalue weighted by atomic mass is 35.5. The molecule has 0 saturated carbocycles. The third-order valence-electron chi connectivity index (χ3n) is 6.41. The molecular formula is C27H31Cl2N5OS. The molecule has 1 aliphatic heterocycles. The van der Waals surface area contributed by atoms with Gasteiger partial charge in [-0.3, -0.25) is 14.7 Å². The van der Waals surface area contributed by atoms with Crippen molar-refractivity contribution in [3.05, 3.63) is 81.9 Å². The van der Waals surface area contributed by atoms with E-state index in [0.717, 1.165) is 61.7 Å². The van der Waals surface area contributed by atoms with E-state index in [1.54, 1.807) is 5.51 Å².